The third-order valence-electron chi connectivity index (χ3n) is 4.46. The highest BCUT2D eigenvalue weighted by Gasteiger charge is 2.26. The number of hydrogen-bond donors (Lipinski definition) is 2. The lowest BCUT2D eigenvalue weighted by Crippen LogP contribution is -2.45. The summed E-state index contributed by atoms with van der Waals surface area (Å²) in [5.41, 5.74) is 7.91. The number of benzene rings is 1. The van der Waals surface area contributed by atoms with Crippen LogP contribution in [0.4, 0.5) is 0 Å². The number of thioether (sulfide) groups is 1. The van der Waals surface area contributed by atoms with Gasteiger partial charge in [-0.15, -0.1) is 24.8 Å². The molecular weight excluding hydrogens is 393 g/mol. The highest BCUT2D eigenvalue weighted by molar-refractivity contribution is 7.98. The Morgan fingerprint density at radius 2 is 2.12 bits per heavy atom. The first-order chi connectivity index (χ1) is 11.6. The number of aromatic nitrogens is 3. The van der Waals surface area contributed by atoms with E-state index in [1.165, 1.54) is 6.33 Å². The minimum atomic E-state index is 0. The molecular formula is C17H25Cl2N5OS. The van der Waals surface area contributed by atoms with E-state index in [9.17, 15) is 4.79 Å². The summed E-state index contributed by atoms with van der Waals surface area (Å²) in [5, 5.41) is 7.45. The van der Waals surface area contributed by atoms with Gasteiger partial charge in [-0.1, -0.05) is 23.9 Å². The van der Waals surface area contributed by atoms with Crippen molar-refractivity contribution in [1.29, 1.82) is 0 Å². The maximum atomic E-state index is 12.7. The third-order valence-corrected chi connectivity index (χ3v) is 5.41. The number of nitrogens with zero attached hydrogens (tertiary/aromatic N) is 3. The van der Waals surface area contributed by atoms with Crippen LogP contribution < -0.4 is 5.73 Å². The van der Waals surface area contributed by atoms with Crippen LogP contribution in [0.25, 0.3) is 0 Å². The zero-order chi connectivity index (χ0) is 16.9. The van der Waals surface area contributed by atoms with Gasteiger partial charge in [-0.05, 0) is 43.4 Å². The van der Waals surface area contributed by atoms with E-state index in [0.29, 0.717) is 5.92 Å². The van der Waals surface area contributed by atoms with Gasteiger partial charge in [-0.25, -0.2) is 4.98 Å². The zero-order valence-corrected chi connectivity index (χ0v) is 17.1. The van der Waals surface area contributed by atoms with Gasteiger partial charge in [0.15, 0.2) is 5.16 Å². The standard InChI is InChI=1S/C17H23N5OS.2ClH/c1-12(18)15-3-2-8-22(9-15)16(23)14-6-4-13(5-7-14)10-24-17-19-11-20-21-17;;/h4-7,11-12,15H,2-3,8-10,18H2,1H3,(H,19,20,21);2*1H. The molecule has 0 radical (unpaired) electrons. The quantitative estimate of drug-likeness (QED) is 0.729. The third kappa shape index (κ3) is 5.87. The van der Waals surface area contributed by atoms with Gasteiger partial charge in [0.2, 0.25) is 0 Å². The molecule has 0 saturated carbocycles. The average Bonchev–Trinajstić information content (AvgIpc) is 3.13. The number of carbonyl (C=O) groups is 1. The van der Waals surface area contributed by atoms with Crippen LogP contribution in [0.2, 0.25) is 0 Å². The molecule has 1 aliphatic heterocycles. The number of hydrogen-bond acceptors (Lipinski definition) is 5. The van der Waals surface area contributed by atoms with Crippen LogP contribution in [0.5, 0.6) is 0 Å². The van der Waals surface area contributed by atoms with Crippen LogP contribution in [-0.2, 0) is 5.75 Å². The monoisotopic (exact) mass is 417 g/mol. The molecule has 144 valence electrons. The molecule has 1 amide bonds. The van der Waals surface area contributed by atoms with Gasteiger partial charge >= 0.3 is 0 Å². The molecule has 26 heavy (non-hydrogen) atoms. The summed E-state index contributed by atoms with van der Waals surface area (Å²) >= 11 is 1.59. The molecule has 2 atom stereocenters. The first kappa shape index (κ1) is 22.8. The van der Waals surface area contributed by atoms with Gasteiger partial charge in [0.25, 0.3) is 5.91 Å². The Morgan fingerprint density at radius 1 is 1.38 bits per heavy atom. The molecule has 0 aliphatic carbocycles. The first-order valence-electron chi connectivity index (χ1n) is 8.25. The normalized spacial score (nSPS) is 17.8. The summed E-state index contributed by atoms with van der Waals surface area (Å²) < 4.78 is 0. The second kappa shape index (κ2) is 10.8. The van der Waals surface area contributed by atoms with Crippen molar-refractivity contribution in [1.82, 2.24) is 20.1 Å². The fourth-order valence-corrected chi connectivity index (χ4v) is 3.70. The van der Waals surface area contributed by atoms with Crippen molar-refractivity contribution in [2.45, 2.75) is 36.7 Å². The second-order valence-corrected chi connectivity index (χ2v) is 7.25. The van der Waals surface area contributed by atoms with Crippen LogP contribution >= 0.6 is 36.6 Å². The molecule has 2 unspecified atom stereocenters. The molecule has 3 rings (SSSR count). The molecule has 9 heteroatoms. The Balaban J connectivity index is 0.00000169. The van der Waals surface area contributed by atoms with E-state index < -0.39 is 0 Å². The molecule has 1 aromatic carbocycles. The van der Waals surface area contributed by atoms with Crippen LogP contribution in [0, 0.1) is 5.92 Å². The molecule has 2 heterocycles. The molecule has 1 fully saturated rings. The van der Waals surface area contributed by atoms with E-state index in [1.54, 1.807) is 11.8 Å². The van der Waals surface area contributed by atoms with Crippen molar-refractivity contribution in [3.8, 4) is 0 Å². The van der Waals surface area contributed by atoms with Gasteiger partial charge in [0.1, 0.15) is 6.33 Å². The fraction of sp³-hybridized carbons (Fsp3) is 0.471. The number of H-pyrrole nitrogens is 1. The largest absolute Gasteiger partial charge is 0.338 e. The number of halogens is 2. The summed E-state index contributed by atoms with van der Waals surface area (Å²) in [4.78, 5) is 18.7. The number of carbonyl (C=O) groups excluding carboxylic acids is 1. The lowest BCUT2D eigenvalue weighted by molar-refractivity contribution is 0.0661. The Kier molecular flexibility index (Phi) is 9.43. The minimum absolute atomic E-state index is 0. The summed E-state index contributed by atoms with van der Waals surface area (Å²) in [6, 6.07) is 7.96. The van der Waals surface area contributed by atoms with E-state index in [0.717, 1.165) is 48.0 Å². The molecule has 0 spiro atoms. The summed E-state index contributed by atoms with van der Waals surface area (Å²) in [6.07, 6.45) is 3.64. The van der Waals surface area contributed by atoms with Gasteiger partial charge in [0, 0.05) is 30.4 Å². The smallest absolute Gasteiger partial charge is 0.253 e. The van der Waals surface area contributed by atoms with Gasteiger partial charge < -0.3 is 10.6 Å². The molecule has 0 bridgehead atoms. The van der Waals surface area contributed by atoms with Crippen LogP contribution in [0.15, 0.2) is 35.7 Å². The predicted octanol–water partition coefficient (Wildman–Crippen LogP) is 3.14. The van der Waals surface area contributed by atoms with E-state index in [-0.39, 0.29) is 36.8 Å². The van der Waals surface area contributed by atoms with Crippen molar-refractivity contribution < 1.29 is 4.79 Å². The van der Waals surface area contributed by atoms with Gasteiger partial charge in [0.05, 0.1) is 0 Å². The molecule has 6 nitrogen and oxygen atoms in total. The van der Waals surface area contributed by atoms with Crippen molar-refractivity contribution in [3.63, 3.8) is 0 Å². The van der Waals surface area contributed by atoms with Crippen LogP contribution in [0.1, 0.15) is 35.7 Å². The Hall–Kier alpha value is -1.28. The van der Waals surface area contributed by atoms with E-state index in [4.69, 9.17) is 5.73 Å². The minimum Gasteiger partial charge on any atom is -0.338 e. The number of amides is 1. The maximum absolute atomic E-state index is 12.7. The predicted molar refractivity (Wildman–Crippen MR) is 109 cm³/mol. The van der Waals surface area contributed by atoms with E-state index in [2.05, 4.69) is 15.2 Å². The number of likely N-dealkylation sites (tertiary alicyclic amines) is 1. The number of rotatable bonds is 5. The van der Waals surface area contributed by atoms with Crippen LogP contribution in [0.3, 0.4) is 0 Å². The Morgan fingerprint density at radius 3 is 2.73 bits per heavy atom. The van der Waals surface area contributed by atoms with Crippen molar-refractivity contribution in [2.24, 2.45) is 11.7 Å². The summed E-state index contributed by atoms with van der Waals surface area (Å²) in [6.45, 7) is 3.62. The molecule has 1 aliphatic rings. The summed E-state index contributed by atoms with van der Waals surface area (Å²) in [7, 11) is 0. The summed E-state index contributed by atoms with van der Waals surface area (Å²) in [5.74, 6) is 1.30. The molecule has 1 aromatic heterocycles. The Labute approximate surface area is 170 Å². The van der Waals surface area contributed by atoms with E-state index >= 15 is 0 Å². The highest BCUT2D eigenvalue weighted by atomic mass is 35.5. The van der Waals surface area contributed by atoms with Crippen molar-refractivity contribution in [3.05, 3.63) is 41.7 Å². The molecule has 1 saturated heterocycles. The number of nitrogens with two attached hydrogens (primary N) is 1. The number of piperidine rings is 1. The fourth-order valence-electron chi connectivity index (χ4n) is 2.97. The second-order valence-electron chi connectivity index (χ2n) is 6.29. The highest BCUT2D eigenvalue weighted by Crippen LogP contribution is 2.22. The first-order valence-corrected chi connectivity index (χ1v) is 9.24. The molecule has 3 N–H and O–H groups in total. The number of nitrogens with one attached hydrogen (secondary N) is 1. The SMILES string of the molecule is CC(N)C1CCCN(C(=O)c2ccc(CSc3ncn[nH]3)cc2)C1.Cl.Cl. The molecule has 2 aromatic rings. The van der Waals surface area contributed by atoms with Gasteiger partial charge in [-0.2, -0.15) is 5.10 Å². The van der Waals surface area contributed by atoms with Gasteiger partial charge in [-0.3, -0.25) is 9.89 Å². The van der Waals surface area contributed by atoms with E-state index in [1.807, 2.05) is 36.1 Å². The zero-order valence-electron chi connectivity index (χ0n) is 14.6. The number of aromatic amines is 1. The van der Waals surface area contributed by atoms with Crippen molar-refractivity contribution >= 4 is 42.5 Å². The lowest BCUT2D eigenvalue weighted by Gasteiger charge is -2.34. The Bertz CT molecular complexity index is 666. The average molecular weight is 418 g/mol. The maximum Gasteiger partial charge on any atom is 0.253 e. The van der Waals surface area contributed by atoms with Crippen LogP contribution in [-0.4, -0.2) is 45.1 Å². The van der Waals surface area contributed by atoms with Crippen molar-refractivity contribution in [2.75, 3.05) is 13.1 Å². The topological polar surface area (TPSA) is 87.9 Å². The lowest BCUT2D eigenvalue weighted by atomic mass is 9.92.